The van der Waals surface area contributed by atoms with E-state index in [1.165, 1.54) is 11.3 Å². The van der Waals surface area contributed by atoms with Gasteiger partial charge >= 0.3 is 0 Å². The fourth-order valence-electron chi connectivity index (χ4n) is 3.74. The number of hydrogen-bond acceptors (Lipinski definition) is 3. The molecule has 1 N–H and O–H groups in total. The van der Waals surface area contributed by atoms with Gasteiger partial charge in [0.05, 0.1) is 11.8 Å². The van der Waals surface area contributed by atoms with Crippen LogP contribution in [0.3, 0.4) is 0 Å². The summed E-state index contributed by atoms with van der Waals surface area (Å²) in [6.45, 7) is 1.71. The molecule has 1 unspecified atom stereocenters. The third-order valence-electron chi connectivity index (χ3n) is 4.75. The minimum Gasteiger partial charge on any atom is -0.338 e. The minimum absolute atomic E-state index is 0.121. The van der Waals surface area contributed by atoms with Crippen LogP contribution in [0.2, 0.25) is 0 Å². The second-order valence-corrected chi connectivity index (χ2v) is 6.67. The Balaban J connectivity index is 1.62. The van der Waals surface area contributed by atoms with Crippen LogP contribution in [-0.2, 0) is 11.8 Å². The van der Waals surface area contributed by atoms with Crippen LogP contribution in [0.5, 0.6) is 0 Å². The number of carbonyl (C=O) groups is 1. The van der Waals surface area contributed by atoms with Crippen molar-refractivity contribution in [2.45, 2.75) is 31.1 Å². The summed E-state index contributed by atoms with van der Waals surface area (Å²) in [4.78, 5) is 14.6. The Morgan fingerprint density at radius 3 is 3.25 bits per heavy atom. The molecular formula is C15H17N3OS. The Labute approximate surface area is 121 Å². The first-order valence-electron chi connectivity index (χ1n) is 7.13. The number of fused-ring (bicyclic) bond motifs is 2. The van der Waals surface area contributed by atoms with E-state index in [2.05, 4.69) is 10.2 Å². The van der Waals surface area contributed by atoms with Gasteiger partial charge in [-0.15, -0.1) is 0 Å². The summed E-state index contributed by atoms with van der Waals surface area (Å²) in [7, 11) is 0. The molecule has 4 rings (SSSR count). The maximum atomic E-state index is 12.6. The van der Waals surface area contributed by atoms with Gasteiger partial charge in [0.1, 0.15) is 0 Å². The average molecular weight is 287 g/mol. The summed E-state index contributed by atoms with van der Waals surface area (Å²) in [5, 5.41) is 11.3. The summed E-state index contributed by atoms with van der Waals surface area (Å²) in [5.74, 6) is 0.179. The molecule has 0 bridgehead atoms. The fourth-order valence-corrected chi connectivity index (χ4v) is 4.37. The van der Waals surface area contributed by atoms with Crippen molar-refractivity contribution < 1.29 is 4.79 Å². The highest BCUT2D eigenvalue weighted by molar-refractivity contribution is 7.08. The Bertz CT molecular complexity index is 633. The molecule has 0 aromatic carbocycles. The largest absolute Gasteiger partial charge is 0.338 e. The standard InChI is InChI=1S/C15H17N3OS/c19-14(12-3-7-20-9-12)18-6-1-4-15(10-18)5-2-11-8-16-17-13(11)15/h3,7-9H,1-2,4-6,10H2,(H,16,17). The first kappa shape index (κ1) is 12.1. The number of nitrogens with zero attached hydrogens (tertiary/aromatic N) is 2. The SMILES string of the molecule is O=C(c1ccsc1)N1CCCC2(CCc3cn[nH]c32)C1. The summed E-state index contributed by atoms with van der Waals surface area (Å²) in [6.07, 6.45) is 6.42. The lowest BCUT2D eigenvalue weighted by molar-refractivity contribution is 0.0633. The van der Waals surface area contributed by atoms with Gasteiger partial charge in [0.15, 0.2) is 0 Å². The van der Waals surface area contributed by atoms with Gasteiger partial charge in [-0.2, -0.15) is 16.4 Å². The number of thiophene rings is 1. The lowest BCUT2D eigenvalue weighted by atomic mass is 9.77. The molecule has 4 nitrogen and oxygen atoms in total. The highest BCUT2D eigenvalue weighted by atomic mass is 32.1. The third-order valence-corrected chi connectivity index (χ3v) is 5.44. The van der Waals surface area contributed by atoms with Crippen molar-refractivity contribution in [3.05, 3.63) is 39.8 Å². The van der Waals surface area contributed by atoms with Gasteiger partial charge < -0.3 is 4.90 Å². The number of likely N-dealkylation sites (tertiary alicyclic amines) is 1. The predicted molar refractivity (Wildman–Crippen MR) is 78.0 cm³/mol. The van der Waals surface area contributed by atoms with Crippen LogP contribution in [0.25, 0.3) is 0 Å². The first-order chi connectivity index (χ1) is 9.78. The molecule has 0 radical (unpaired) electrons. The summed E-state index contributed by atoms with van der Waals surface area (Å²) in [5.41, 5.74) is 3.57. The Morgan fingerprint density at radius 1 is 1.45 bits per heavy atom. The number of rotatable bonds is 1. The van der Waals surface area contributed by atoms with E-state index in [1.807, 2.05) is 27.9 Å². The topological polar surface area (TPSA) is 49.0 Å². The Hall–Kier alpha value is -1.62. The van der Waals surface area contributed by atoms with Gasteiger partial charge in [-0.1, -0.05) is 0 Å². The number of aryl methyl sites for hydroxylation is 1. The number of aromatic nitrogens is 2. The van der Waals surface area contributed by atoms with Crippen LogP contribution in [0.4, 0.5) is 0 Å². The zero-order valence-electron chi connectivity index (χ0n) is 11.3. The molecule has 1 amide bonds. The molecule has 1 atom stereocenters. The molecule has 0 saturated carbocycles. The number of hydrogen-bond donors (Lipinski definition) is 1. The van der Waals surface area contributed by atoms with Gasteiger partial charge in [0.25, 0.3) is 5.91 Å². The van der Waals surface area contributed by atoms with Crippen molar-refractivity contribution >= 4 is 17.2 Å². The van der Waals surface area contributed by atoms with Crippen LogP contribution >= 0.6 is 11.3 Å². The van der Waals surface area contributed by atoms with Crippen molar-refractivity contribution in [2.24, 2.45) is 0 Å². The molecule has 5 heteroatoms. The van der Waals surface area contributed by atoms with Gasteiger partial charge in [0, 0.05) is 29.6 Å². The van der Waals surface area contributed by atoms with E-state index in [-0.39, 0.29) is 11.3 Å². The Morgan fingerprint density at radius 2 is 2.40 bits per heavy atom. The fraction of sp³-hybridized carbons (Fsp3) is 0.467. The second kappa shape index (κ2) is 4.45. The first-order valence-corrected chi connectivity index (χ1v) is 8.07. The number of piperidine rings is 1. The highest BCUT2D eigenvalue weighted by Gasteiger charge is 2.44. The number of aromatic amines is 1. The zero-order valence-corrected chi connectivity index (χ0v) is 12.1. The summed E-state index contributed by atoms with van der Waals surface area (Å²) in [6, 6.07) is 1.92. The molecule has 2 aromatic rings. The van der Waals surface area contributed by atoms with Crippen molar-refractivity contribution in [3.8, 4) is 0 Å². The zero-order chi connectivity index (χ0) is 13.6. The van der Waals surface area contributed by atoms with Gasteiger partial charge in [-0.25, -0.2) is 0 Å². The van der Waals surface area contributed by atoms with E-state index in [0.717, 1.165) is 44.3 Å². The smallest absolute Gasteiger partial charge is 0.254 e. The van der Waals surface area contributed by atoms with Crippen LogP contribution < -0.4 is 0 Å². The molecular weight excluding hydrogens is 270 g/mol. The molecule has 3 heterocycles. The summed E-state index contributed by atoms with van der Waals surface area (Å²) < 4.78 is 0. The second-order valence-electron chi connectivity index (χ2n) is 5.89. The molecule has 1 spiro atoms. The van der Waals surface area contributed by atoms with Crippen LogP contribution in [0.15, 0.2) is 23.0 Å². The van der Waals surface area contributed by atoms with E-state index in [4.69, 9.17) is 0 Å². The van der Waals surface area contributed by atoms with E-state index >= 15 is 0 Å². The van der Waals surface area contributed by atoms with E-state index in [9.17, 15) is 4.79 Å². The Kier molecular flexibility index (Phi) is 2.70. The number of carbonyl (C=O) groups excluding carboxylic acids is 1. The maximum absolute atomic E-state index is 12.6. The molecule has 2 aromatic heterocycles. The van der Waals surface area contributed by atoms with E-state index in [1.54, 1.807) is 11.3 Å². The maximum Gasteiger partial charge on any atom is 0.254 e. The normalized spacial score (nSPS) is 25.1. The van der Waals surface area contributed by atoms with Crippen molar-refractivity contribution in [2.75, 3.05) is 13.1 Å². The molecule has 1 saturated heterocycles. The number of nitrogens with one attached hydrogen (secondary N) is 1. The monoisotopic (exact) mass is 287 g/mol. The van der Waals surface area contributed by atoms with Crippen molar-refractivity contribution in [1.82, 2.24) is 15.1 Å². The molecule has 20 heavy (non-hydrogen) atoms. The quantitative estimate of drug-likeness (QED) is 0.876. The third kappa shape index (κ3) is 1.73. The van der Waals surface area contributed by atoms with Crippen LogP contribution in [0.1, 0.15) is 40.9 Å². The highest BCUT2D eigenvalue weighted by Crippen LogP contribution is 2.44. The van der Waals surface area contributed by atoms with Gasteiger partial charge in [0.2, 0.25) is 0 Å². The average Bonchev–Trinajstić information content (AvgIpc) is 3.18. The molecule has 1 fully saturated rings. The molecule has 2 aliphatic rings. The lowest BCUT2D eigenvalue weighted by Crippen LogP contribution is -2.47. The van der Waals surface area contributed by atoms with Gasteiger partial charge in [-0.05, 0) is 42.7 Å². The number of H-pyrrole nitrogens is 1. The van der Waals surface area contributed by atoms with E-state index in [0.29, 0.717) is 0 Å². The van der Waals surface area contributed by atoms with Crippen LogP contribution in [-0.4, -0.2) is 34.1 Å². The van der Waals surface area contributed by atoms with Crippen LogP contribution in [0, 0.1) is 0 Å². The molecule has 1 aliphatic carbocycles. The predicted octanol–water partition coefficient (Wildman–Crippen LogP) is 2.59. The van der Waals surface area contributed by atoms with E-state index < -0.39 is 0 Å². The molecule has 104 valence electrons. The summed E-state index contributed by atoms with van der Waals surface area (Å²) >= 11 is 1.58. The minimum atomic E-state index is 0.121. The molecule has 1 aliphatic heterocycles. The van der Waals surface area contributed by atoms with Crippen molar-refractivity contribution in [1.29, 1.82) is 0 Å². The number of amides is 1. The lowest BCUT2D eigenvalue weighted by Gasteiger charge is -2.40. The van der Waals surface area contributed by atoms with Crippen molar-refractivity contribution in [3.63, 3.8) is 0 Å². The van der Waals surface area contributed by atoms with Gasteiger partial charge in [-0.3, -0.25) is 9.89 Å².